The molecule has 2 aromatic carbocycles. The first-order valence-electron chi connectivity index (χ1n) is 8.03. The zero-order valence-corrected chi connectivity index (χ0v) is 16.0. The monoisotopic (exact) mass is 396 g/mol. The van der Waals surface area contributed by atoms with Crippen LogP contribution in [0.3, 0.4) is 0 Å². The second-order valence-electron chi connectivity index (χ2n) is 5.68. The van der Waals surface area contributed by atoms with Gasteiger partial charge in [0.15, 0.2) is 0 Å². The SMILES string of the molecule is COc1ccc(OC)c([C@@H](C)NC(=O)CNS(=O)(=O)c2ccc(F)cc2)c1. The fraction of sp³-hybridized carbons (Fsp3) is 0.278. The van der Waals surface area contributed by atoms with E-state index in [0.29, 0.717) is 17.1 Å². The van der Waals surface area contributed by atoms with Crippen LogP contribution in [0.4, 0.5) is 4.39 Å². The zero-order chi connectivity index (χ0) is 20.0. The number of halogens is 1. The van der Waals surface area contributed by atoms with E-state index in [0.717, 1.165) is 24.3 Å². The number of amides is 1. The molecule has 1 amide bonds. The van der Waals surface area contributed by atoms with Gasteiger partial charge in [0, 0.05) is 5.56 Å². The number of ether oxygens (including phenoxy) is 2. The molecule has 0 heterocycles. The van der Waals surface area contributed by atoms with E-state index >= 15 is 0 Å². The summed E-state index contributed by atoms with van der Waals surface area (Å²) in [7, 11) is -0.881. The Morgan fingerprint density at radius 1 is 1.11 bits per heavy atom. The van der Waals surface area contributed by atoms with Crippen molar-refractivity contribution < 1.29 is 27.1 Å². The summed E-state index contributed by atoms with van der Waals surface area (Å²) in [5, 5.41) is 2.69. The lowest BCUT2D eigenvalue weighted by atomic mass is 10.1. The van der Waals surface area contributed by atoms with Crippen molar-refractivity contribution in [2.45, 2.75) is 17.9 Å². The number of hydrogen-bond donors (Lipinski definition) is 2. The van der Waals surface area contributed by atoms with Crippen LogP contribution in [-0.2, 0) is 14.8 Å². The van der Waals surface area contributed by atoms with Crippen LogP contribution in [-0.4, -0.2) is 35.1 Å². The highest BCUT2D eigenvalue weighted by atomic mass is 32.2. The Labute approximate surface area is 157 Å². The molecular formula is C18H21FN2O5S. The number of rotatable bonds is 8. The van der Waals surface area contributed by atoms with Crippen LogP contribution in [0.15, 0.2) is 47.4 Å². The van der Waals surface area contributed by atoms with Crippen molar-refractivity contribution in [3.63, 3.8) is 0 Å². The molecule has 27 heavy (non-hydrogen) atoms. The first-order valence-corrected chi connectivity index (χ1v) is 9.51. The summed E-state index contributed by atoms with van der Waals surface area (Å²) in [6.45, 7) is 1.28. The van der Waals surface area contributed by atoms with Gasteiger partial charge in [0.2, 0.25) is 15.9 Å². The number of methoxy groups -OCH3 is 2. The molecule has 9 heteroatoms. The van der Waals surface area contributed by atoms with Crippen molar-refractivity contribution in [2.24, 2.45) is 0 Å². The van der Waals surface area contributed by atoms with Gasteiger partial charge >= 0.3 is 0 Å². The van der Waals surface area contributed by atoms with Gasteiger partial charge < -0.3 is 14.8 Å². The lowest BCUT2D eigenvalue weighted by Crippen LogP contribution is -2.38. The molecule has 0 unspecified atom stereocenters. The number of sulfonamides is 1. The summed E-state index contributed by atoms with van der Waals surface area (Å²) >= 11 is 0. The van der Waals surface area contributed by atoms with Gasteiger partial charge in [-0.05, 0) is 49.4 Å². The van der Waals surface area contributed by atoms with Crippen molar-refractivity contribution >= 4 is 15.9 Å². The van der Waals surface area contributed by atoms with E-state index in [1.165, 1.54) is 14.2 Å². The molecule has 0 saturated heterocycles. The lowest BCUT2D eigenvalue weighted by Gasteiger charge is -2.18. The van der Waals surface area contributed by atoms with E-state index in [9.17, 15) is 17.6 Å². The summed E-state index contributed by atoms with van der Waals surface area (Å²) in [5.41, 5.74) is 0.687. The van der Waals surface area contributed by atoms with Crippen molar-refractivity contribution in [1.82, 2.24) is 10.0 Å². The molecule has 146 valence electrons. The van der Waals surface area contributed by atoms with Crippen LogP contribution in [0.5, 0.6) is 11.5 Å². The van der Waals surface area contributed by atoms with Crippen LogP contribution in [0.1, 0.15) is 18.5 Å². The summed E-state index contributed by atoms with van der Waals surface area (Å²) < 4.78 is 49.8. The van der Waals surface area contributed by atoms with E-state index in [1.807, 2.05) is 0 Å². The third kappa shape index (κ3) is 5.41. The molecule has 0 spiro atoms. The highest BCUT2D eigenvalue weighted by Gasteiger charge is 2.18. The quantitative estimate of drug-likeness (QED) is 0.712. The van der Waals surface area contributed by atoms with Gasteiger partial charge in [0.05, 0.1) is 31.7 Å². The maximum atomic E-state index is 12.9. The second kappa shape index (κ2) is 8.83. The molecule has 2 N–H and O–H groups in total. The molecule has 7 nitrogen and oxygen atoms in total. The zero-order valence-electron chi connectivity index (χ0n) is 15.2. The molecule has 1 atom stereocenters. The Balaban J connectivity index is 2.02. The highest BCUT2D eigenvalue weighted by Crippen LogP contribution is 2.29. The summed E-state index contributed by atoms with van der Waals surface area (Å²) in [4.78, 5) is 12.0. The van der Waals surface area contributed by atoms with E-state index in [1.54, 1.807) is 25.1 Å². The van der Waals surface area contributed by atoms with E-state index in [4.69, 9.17) is 9.47 Å². The Kier molecular flexibility index (Phi) is 6.75. The second-order valence-corrected chi connectivity index (χ2v) is 7.44. The van der Waals surface area contributed by atoms with E-state index in [2.05, 4.69) is 10.0 Å². The number of carbonyl (C=O) groups excluding carboxylic acids is 1. The Morgan fingerprint density at radius 2 is 1.78 bits per heavy atom. The van der Waals surface area contributed by atoms with Crippen LogP contribution in [0.25, 0.3) is 0 Å². The third-order valence-electron chi connectivity index (χ3n) is 3.83. The van der Waals surface area contributed by atoms with Crippen molar-refractivity contribution in [3.8, 4) is 11.5 Å². The van der Waals surface area contributed by atoms with Crippen molar-refractivity contribution in [3.05, 3.63) is 53.8 Å². The maximum Gasteiger partial charge on any atom is 0.241 e. The number of benzene rings is 2. The van der Waals surface area contributed by atoms with E-state index < -0.39 is 34.3 Å². The number of hydrogen-bond acceptors (Lipinski definition) is 5. The molecule has 0 radical (unpaired) electrons. The third-order valence-corrected chi connectivity index (χ3v) is 5.24. The largest absolute Gasteiger partial charge is 0.497 e. The lowest BCUT2D eigenvalue weighted by molar-refractivity contribution is -0.120. The van der Waals surface area contributed by atoms with Gasteiger partial charge in [-0.25, -0.2) is 17.5 Å². The van der Waals surface area contributed by atoms with Gasteiger partial charge in [-0.15, -0.1) is 0 Å². The van der Waals surface area contributed by atoms with Gasteiger partial charge in [0.1, 0.15) is 17.3 Å². The minimum atomic E-state index is -3.92. The van der Waals surface area contributed by atoms with Crippen molar-refractivity contribution in [1.29, 1.82) is 0 Å². The predicted molar refractivity (Wildman–Crippen MR) is 97.7 cm³/mol. The predicted octanol–water partition coefficient (Wildman–Crippen LogP) is 2.00. The molecule has 0 aliphatic rings. The van der Waals surface area contributed by atoms with Gasteiger partial charge in [0.25, 0.3) is 0 Å². The Bertz CT molecular complexity index is 900. The van der Waals surface area contributed by atoms with E-state index in [-0.39, 0.29) is 4.90 Å². The van der Waals surface area contributed by atoms with Crippen LogP contribution < -0.4 is 19.5 Å². The molecule has 0 aliphatic carbocycles. The molecule has 2 aromatic rings. The number of carbonyl (C=O) groups is 1. The van der Waals surface area contributed by atoms with Crippen LogP contribution in [0, 0.1) is 5.82 Å². The summed E-state index contributed by atoms with van der Waals surface area (Å²) in [6.07, 6.45) is 0. The summed E-state index contributed by atoms with van der Waals surface area (Å²) in [6, 6.07) is 9.04. The fourth-order valence-electron chi connectivity index (χ4n) is 2.41. The molecule has 0 aromatic heterocycles. The topological polar surface area (TPSA) is 93.7 Å². The first-order chi connectivity index (χ1) is 12.8. The van der Waals surface area contributed by atoms with Gasteiger partial charge in [-0.1, -0.05) is 0 Å². The minimum Gasteiger partial charge on any atom is -0.497 e. The maximum absolute atomic E-state index is 12.9. The fourth-order valence-corrected chi connectivity index (χ4v) is 3.39. The van der Waals surface area contributed by atoms with Gasteiger partial charge in [-0.2, -0.15) is 0 Å². The van der Waals surface area contributed by atoms with Crippen LogP contribution in [0.2, 0.25) is 0 Å². The number of nitrogens with one attached hydrogen (secondary N) is 2. The highest BCUT2D eigenvalue weighted by molar-refractivity contribution is 7.89. The molecule has 2 rings (SSSR count). The molecule has 0 fully saturated rings. The average Bonchev–Trinajstić information content (AvgIpc) is 2.66. The summed E-state index contributed by atoms with van der Waals surface area (Å²) in [5.74, 6) is 0.0882. The average molecular weight is 396 g/mol. The normalized spacial score (nSPS) is 12.3. The Hall–Kier alpha value is -2.65. The van der Waals surface area contributed by atoms with Crippen LogP contribution >= 0.6 is 0 Å². The Morgan fingerprint density at radius 3 is 2.37 bits per heavy atom. The standard InChI is InChI=1S/C18H21FN2O5S/c1-12(16-10-14(25-2)6-9-17(16)26-3)21-18(22)11-20-27(23,24)15-7-4-13(19)5-8-15/h4-10,12,20H,11H2,1-3H3,(H,21,22)/t12-/m1/s1. The molecule has 0 saturated carbocycles. The van der Waals surface area contributed by atoms with Gasteiger partial charge in [-0.3, -0.25) is 4.79 Å². The minimum absolute atomic E-state index is 0.126. The molecule has 0 bridgehead atoms. The van der Waals surface area contributed by atoms with Crippen molar-refractivity contribution in [2.75, 3.05) is 20.8 Å². The first kappa shape index (κ1) is 20.7. The molecular weight excluding hydrogens is 375 g/mol. The molecule has 0 aliphatic heterocycles. The smallest absolute Gasteiger partial charge is 0.241 e.